The zero-order chi connectivity index (χ0) is 11.0. The van der Waals surface area contributed by atoms with Crippen LogP contribution in [-0.2, 0) is 0 Å². The number of nitriles is 1. The van der Waals surface area contributed by atoms with Crippen molar-refractivity contribution in [3.05, 3.63) is 60.2 Å². The molecule has 16 heavy (non-hydrogen) atoms. The minimum absolute atomic E-state index is 0.713. The summed E-state index contributed by atoms with van der Waals surface area (Å²) in [5.74, 6) is 0. The summed E-state index contributed by atoms with van der Waals surface area (Å²) < 4.78 is 0. The molecule has 1 heteroatoms. The van der Waals surface area contributed by atoms with Crippen LogP contribution in [0.5, 0.6) is 0 Å². The van der Waals surface area contributed by atoms with Crippen molar-refractivity contribution in [2.75, 3.05) is 0 Å². The summed E-state index contributed by atoms with van der Waals surface area (Å²) in [5.41, 5.74) is 0.713. The predicted octanol–water partition coefficient (Wildman–Crippen LogP) is 3.66. The summed E-state index contributed by atoms with van der Waals surface area (Å²) in [7, 11) is 0. The summed E-state index contributed by atoms with van der Waals surface area (Å²) in [6.45, 7) is 0. The van der Waals surface area contributed by atoms with Crippen LogP contribution >= 0.6 is 0 Å². The van der Waals surface area contributed by atoms with E-state index in [1.165, 1.54) is 0 Å². The van der Waals surface area contributed by atoms with Crippen LogP contribution in [-0.4, -0.2) is 0 Å². The van der Waals surface area contributed by atoms with Crippen molar-refractivity contribution in [2.45, 2.75) is 0 Å². The first kappa shape index (κ1) is 8.94. The van der Waals surface area contributed by atoms with Gasteiger partial charge in [-0.25, -0.2) is 0 Å². The van der Waals surface area contributed by atoms with Gasteiger partial charge in [0.15, 0.2) is 0 Å². The Morgan fingerprint density at radius 2 is 1.75 bits per heavy atom. The minimum Gasteiger partial charge on any atom is -0.192 e. The maximum atomic E-state index is 9.13. The van der Waals surface area contributed by atoms with Gasteiger partial charge in [0.25, 0.3) is 0 Å². The van der Waals surface area contributed by atoms with Crippen molar-refractivity contribution in [1.82, 2.24) is 0 Å². The summed E-state index contributed by atoms with van der Waals surface area (Å²) >= 11 is 0. The van der Waals surface area contributed by atoms with Crippen LogP contribution in [0.15, 0.2) is 48.5 Å². The van der Waals surface area contributed by atoms with Crippen molar-refractivity contribution in [1.29, 1.82) is 5.26 Å². The zero-order valence-corrected chi connectivity index (χ0v) is 8.57. The lowest BCUT2D eigenvalue weighted by atomic mass is 9.98. The van der Waals surface area contributed by atoms with Crippen molar-refractivity contribution in [3.8, 4) is 6.07 Å². The number of hydrogen-bond acceptors (Lipinski definition) is 1. The first-order valence-corrected chi connectivity index (χ1v) is 5.12. The van der Waals surface area contributed by atoms with Gasteiger partial charge in [0.1, 0.15) is 0 Å². The van der Waals surface area contributed by atoms with Crippen molar-refractivity contribution >= 4 is 21.5 Å². The van der Waals surface area contributed by atoms with E-state index in [1.54, 1.807) is 0 Å². The normalized spacial score (nSPS) is 10.4. The number of fused-ring (bicyclic) bond motifs is 3. The van der Waals surface area contributed by atoms with Gasteiger partial charge < -0.3 is 0 Å². The predicted molar refractivity (Wildman–Crippen MR) is 65.0 cm³/mol. The van der Waals surface area contributed by atoms with Crippen LogP contribution in [0.2, 0.25) is 0 Å². The van der Waals surface area contributed by atoms with Gasteiger partial charge in [-0.05, 0) is 28.3 Å². The smallest absolute Gasteiger partial charge is 0.0998 e. The summed E-state index contributed by atoms with van der Waals surface area (Å²) in [6.07, 6.45) is 0. The molecule has 0 aliphatic rings. The molecule has 0 bridgehead atoms. The topological polar surface area (TPSA) is 23.8 Å². The fourth-order valence-corrected chi connectivity index (χ4v) is 2.07. The second kappa shape index (κ2) is 3.36. The Morgan fingerprint density at radius 1 is 0.938 bits per heavy atom. The SMILES string of the molecule is N#Cc1cccc2ccc3ccc[c]c3c12. The second-order valence-corrected chi connectivity index (χ2v) is 3.72. The highest BCUT2D eigenvalue weighted by Crippen LogP contribution is 2.27. The molecule has 1 radical (unpaired) electrons. The van der Waals surface area contributed by atoms with Gasteiger partial charge in [0.05, 0.1) is 11.6 Å². The Bertz CT molecular complexity index is 720. The maximum Gasteiger partial charge on any atom is 0.0998 e. The molecule has 73 valence electrons. The van der Waals surface area contributed by atoms with E-state index in [1.807, 2.05) is 42.5 Å². The molecule has 0 saturated carbocycles. The summed E-state index contributed by atoms with van der Waals surface area (Å²) in [6, 6.07) is 21.2. The Morgan fingerprint density at radius 3 is 2.62 bits per heavy atom. The number of nitrogens with zero attached hydrogens (tertiary/aromatic N) is 1. The molecule has 0 heterocycles. The molecule has 0 saturated heterocycles. The van der Waals surface area contributed by atoms with E-state index >= 15 is 0 Å². The lowest BCUT2D eigenvalue weighted by Crippen LogP contribution is -1.82. The Hall–Kier alpha value is -2.33. The molecule has 0 N–H and O–H groups in total. The highest BCUT2D eigenvalue weighted by Gasteiger charge is 2.04. The van der Waals surface area contributed by atoms with Gasteiger partial charge in [0.2, 0.25) is 0 Å². The van der Waals surface area contributed by atoms with Crippen molar-refractivity contribution < 1.29 is 0 Å². The Balaban J connectivity index is 2.64. The van der Waals surface area contributed by atoms with Crippen molar-refractivity contribution in [2.24, 2.45) is 0 Å². The van der Waals surface area contributed by atoms with Crippen LogP contribution in [0.3, 0.4) is 0 Å². The molecule has 0 spiro atoms. The van der Waals surface area contributed by atoms with Crippen LogP contribution in [0, 0.1) is 17.4 Å². The van der Waals surface area contributed by atoms with Gasteiger partial charge in [-0.3, -0.25) is 0 Å². The van der Waals surface area contributed by atoms with E-state index in [0.29, 0.717) is 5.56 Å². The van der Waals surface area contributed by atoms with Gasteiger partial charge >= 0.3 is 0 Å². The zero-order valence-electron chi connectivity index (χ0n) is 8.57. The van der Waals surface area contributed by atoms with E-state index in [2.05, 4.69) is 18.2 Å². The van der Waals surface area contributed by atoms with Crippen molar-refractivity contribution in [3.63, 3.8) is 0 Å². The number of rotatable bonds is 0. The lowest BCUT2D eigenvalue weighted by Gasteiger charge is -2.04. The molecule has 0 aliphatic carbocycles. The van der Waals surface area contributed by atoms with Crippen LogP contribution < -0.4 is 0 Å². The van der Waals surface area contributed by atoms with E-state index in [-0.39, 0.29) is 0 Å². The third-order valence-corrected chi connectivity index (χ3v) is 2.80. The highest BCUT2D eigenvalue weighted by atomic mass is 14.2. The first-order valence-electron chi connectivity index (χ1n) is 5.12. The quantitative estimate of drug-likeness (QED) is 0.510. The van der Waals surface area contributed by atoms with E-state index in [9.17, 15) is 0 Å². The molecule has 3 aromatic rings. The average Bonchev–Trinajstić information content (AvgIpc) is 2.37. The lowest BCUT2D eigenvalue weighted by molar-refractivity contribution is 1.51. The molecule has 0 unspecified atom stereocenters. The third kappa shape index (κ3) is 1.17. The van der Waals surface area contributed by atoms with E-state index < -0.39 is 0 Å². The largest absolute Gasteiger partial charge is 0.192 e. The molecule has 0 atom stereocenters. The van der Waals surface area contributed by atoms with Gasteiger partial charge in [-0.2, -0.15) is 5.26 Å². The fraction of sp³-hybridized carbons (Fsp3) is 0. The first-order chi connectivity index (χ1) is 7.90. The van der Waals surface area contributed by atoms with Gasteiger partial charge in [-0.15, -0.1) is 0 Å². The molecule has 0 aromatic heterocycles. The fourth-order valence-electron chi connectivity index (χ4n) is 2.07. The molecule has 3 rings (SSSR count). The van der Waals surface area contributed by atoms with Crippen LogP contribution in [0.25, 0.3) is 21.5 Å². The molecular weight excluding hydrogens is 194 g/mol. The molecular formula is C15H8N. The molecule has 1 nitrogen and oxygen atoms in total. The van der Waals surface area contributed by atoms with E-state index in [0.717, 1.165) is 21.5 Å². The second-order valence-electron chi connectivity index (χ2n) is 3.72. The summed E-state index contributed by atoms with van der Waals surface area (Å²) in [4.78, 5) is 0. The Kier molecular flexibility index (Phi) is 1.88. The monoisotopic (exact) mass is 202 g/mol. The van der Waals surface area contributed by atoms with E-state index in [4.69, 9.17) is 5.26 Å². The molecule has 3 aromatic carbocycles. The highest BCUT2D eigenvalue weighted by molar-refractivity contribution is 6.09. The number of hydrogen-bond donors (Lipinski definition) is 0. The molecule has 0 fully saturated rings. The maximum absolute atomic E-state index is 9.13. The molecule has 0 amide bonds. The average molecular weight is 202 g/mol. The minimum atomic E-state index is 0.713. The standard InChI is InChI=1S/C15H8N/c16-10-13-6-3-5-12-9-8-11-4-1-2-7-14(11)15(12)13/h1-6,8-9H. The van der Waals surface area contributed by atoms with Crippen LogP contribution in [0.4, 0.5) is 0 Å². The van der Waals surface area contributed by atoms with Gasteiger partial charge in [-0.1, -0.05) is 42.5 Å². The third-order valence-electron chi connectivity index (χ3n) is 2.80. The number of benzene rings is 3. The summed E-state index contributed by atoms with van der Waals surface area (Å²) in [5, 5.41) is 13.4. The van der Waals surface area contributed by atoms with Crippen LogP contribution in [0.1, 0.15) is 5.56 Å². The molecule has 0 aliphatic heterocycles. The van der Waals surface area contributed by atoms with Gasteiger partial charge in [0, 0.05) is 5.39 Å². The Labute approximate surface area is 93.6 Å².